The zero-order valence-electron chi connectivity index (χ0n) is 17.7. The van der Waals surface area contributed by atoms with E-state index in [1.54, 1.807) is 84.9 Å². The van der Waals surface area contributed by atoms with Gasteiger partial charge < -0.3 is 0 Å². The van der Waals surface area contributed by atoms with Gasteiger partial charge in [-0.2, -0.15) is 10.2 Å². The normalized spacial score (nSPS) is 11.9. The minimum atomic E-state index is -3.67. The van der Waals surface area contributed by atoms with Crippen LogP contribution in [0.25, 0.3) is 0 Å². The maximum absolute atomic E-state index is 12.4. The summed E-state index contributed by atoms with van der Waals surface area (Å²) in [4.78, 5) is 0.349. The number of benzene rings is 4. The van der Waals surface area contributed by atoms with Crippen LogP contribution in [0.5, 0.6) is 0 Å². The van der Waals surface area contributed by atoms with Crippen molar-refractivity contribution in [1.82, 2.24) is 0 Å². The van der Waals surface area contributed by atoms with Crippen molar-refractivity contribution in [2.24, 2.45) is 10.2 Å². The number of nitrogens with zero attached hydrogens (tertiary/aromatic N) is 2. The smallest absolute Gasteiger partial charge is 0.261 e. The summed E-state index contributed by atoms with van der Waals surface area (Å²) in [7, 11) is -7.34. The van der Waals surface area contributed by atoms with Gasteiger partial charge in [0.25, 0.3) is 20.0 Å². The molecule has 0 fully saturated rings. The lowest BCUT2D eigenvalue weighted by Crippen LogP contribution is -2.12. The molecule has 0 aliphatic carbocycles. The lowest BCUT2D eigenvalue weighted by molar-refractivity contribution is 0.599. The lowest BCUT2D eigenvalue weighted by atomic mass is 10.3. The minimum Gasteiger partial charge on any atom is -0.280 e. The maximum atomic E-state index is 12.4. The fourth-order valence-electron chi connectivity index (χ4n) is 2.94. The van der Waals surface area contributed by atoms with Crippen molar-refractivity contribution in [2.45, 2.75) is 9.79 Å². The van der Waals surface area contributed by atoms with Crippen LogP contribution in [0.3, 0.4) is 0 Å². The van der Waals surface area contributed by atoms with Crippen LogP contribution < -0.4 is 9.44 Å². The van der Waals surface area contributed by atoms with Crippen LogP contribution in [0.2, 0.25) is 0 Å². The van der Waals surface area contributed by atoms with Crippen LogP contribution in [0.1, 0.15) is 0 Å². The predicted octanol–water partition coefficient (Wildman–Crippen LogP) is 5.70. The third kappa shape index (κ3) is 5.85. The molecule has 0 spiro atoms. The zero-order chi connectivity index (χ0) is 24.0. The van der Waals surface area contributed by atoms with Crippen molar-refractivity contribution in [2.75, 3.05) is 9.44 Å². The van der Waals surface area contributed by atoms with Gasteiger partial charge in [0.1, 0.15) is 0 Å². The van der Waals surface area contributed by atoms with E-state index < -0.39 is 20.0 Å². The molecule has 0 amide bonds. The average molecular weight is 493 g/mol. The van der Waals surface area contributed by atoms with E-state index in [4.69, 9.17) is 0 Å². The number of hydrogen-bond acceptors (Lipinski definition) is 6. The Morgan fingerprint density at radius 3 is 1.09 bits per heavy atom. The highest BCUT2D eigenvalue weighted by Gasteiger charge is 2.14. The molecule has 0 bridgehead atoms. The van der Waals surface area contributed by atoms with Crippen LogP contribution >= 0.6 is 0 Å². The highest BCUT2D eigenvalue weighted by molar-refractivity contribution is 7.93. The number of hydrogen-bond donors (Lipinski definition) is 2. The predicted molar refractivity (Wildman–Crippen MR) is 132 cm³/mol. The summed E-state index contributed by atoms with van der Waals surface area (Å²) in [5.41, 5.74) is 1.85. The van der Waals surface area contributed by atoms with Crippen molar-refractivity contribution in [3.05, 3.63) is 109 Å². The molecule has 0 heterocycles. The van der Waals surface area contributed by atoms with Gasteiger partial charge in [0.15, 0.2) is 0 Å². The van der Waals surface area contributed by atoms with Crippen molar-refractivity contribution in [1.29, 1.82) is 0 Å². The van der Waals surface area contributed by atoms with E-state index in [1.807, 2.05) is 0 Å². The standard InChI is InChI=1S/C24H20N4O4S2/c29-33(30,23-7-3-1-4-8-23)27-21-15-11-19(12-16-21)25-26-20-13-17-22(18-14-20)28-34(31,32)24-9-5-2-6-10-24/h1-18,27-28H. The molecule has 0 saturated carbocycles. The third-order valence-corrected chi connectivity index (χ3v) is 7.42. The SMILES string of the molecule is O=S(=O)(Nc1ccc(N=Nc2ccc(NS(=O)(=O)c3ccccc3)cc2)cc1)c1ccccc1. The topological polar surface area (TPSA) is 117 Å². The number of sulfonamides is 2. The maximum Gasteiger partial charge on any atom is 0.261 e. The van der Waals surface area contributed by atoms with Crippen LogP contribution in [-0.4, -0.2) is 16.8 Å². The molecule has 8 nitrogen and oxygen atoms in total. The largest absolute Gasteiger partial charge is 0.280 e. The molecule has 0 aliphatic rings. The van der Waals surface area contributed by atoms with Gasteiger partial charge in [0.05, 0.1) is 21.2 Å². The van der Waals surface area contributed by atoms with Crippen molar-refractivity contribution in [3.63, 3.8) is 0 Å². The Balaban J connectivity index is 1.39. The molecule has 0 aliphatic heterocycles. The van der Waals surface area contributed by atoms with Crippen LogP contribution in [-0.2, 0) is 20.0 Å². The molecule has 10 heteroatoms. The Bertz CT molecular complexity index is 1370. The van der Waals surface area contributed by atoms with Crippen molar-refractivity contribution in [3.8, 4) is 0 Å². The molecule has 0 unspecified atom stereocenters. The summed E-state index contributed by atoms with van der Waals surface area (Å²) in [5.74, 6) is 0. The minimum absolute atomic E-state index is 0.174. The van der Waals surface area contributed by atoms with Gasteiger partial charge in [-0.05, 0) is 72.8 Å². The Morgan fingerprint density at radius 2 is 0.765 bits per heavy atom. The van der Waals surface area contributed by atoms with Crippen LogP contribution in [0.15, 0.2) is 129 Å². The summed E-state index contributed by atoms with van der Waals surface area (Å²) in [6, 6.07) is 29.1. The molecular formula is C24H20N4O4S2. The van der Waals surface area contributed by atoms with Gasteiger partial charge in [0, 0.05) is 11.4 Å². The van der Waals surface area contributed by atoms with E-state index in [-0.39, 0.29) is 9.79 Å². The quantitative estimate of drug-likeness (QED) is 0.307. The molecule has 0 saturated heterocycles. The fraction of sp³-hybridized carbons (Fsp3) is 0. The number of azo groups is 1. The van der Waals surface area contributed by atoms with Gasteiger partial charge in [-0.3, -0.25) is 9.44 Å². The first-order valence-electron chi connectivity index (χ1n) is 10.1. The Morgan fingerprint density at radius 1 is 0.441 bits per heavy atom. The van der Waals surface area contributed by atoms with E-state index in [9.17, 15) is 16.8 Å². The molecule has 0 aromatic heterocycles. The highest BCUT2D eigenvalue weighted by atomic mass is 32.2. The second-order valence-corrected chi connectivity index (χ2v) is 10.5. The van der Waals surface area contributed by atoms with Gasteiger partial charge in [-0.1, -0.05) is 36.4 Å². The summed E-state index contributed by atoms with van der Waals surface area (Å²) >= 11 is 0. The van der Waals surface area contributed by atoms with E-state index in [1.165, 1.54) is 24.3 Å². The average Bonchev–Trinajstić information content (AvgIpc) is 2.85. The van der Waals surface area contributed by atoms with Crippen LogP contribution in [0.4, 0.5) is 22.7 Å². The molecule has 2 N–H and O–H groups in total. The second-order valence-electron chi connectivity index (χ2n) is 7.13. The van der Waals surface area contributed by atoms with E-state index in [0.717, 1.165) is 0 Å². The van der Waals surface area contributed by atoms with Gasteiger partial charge in [0.2, 0.25) is 0 Å². The first kappa shape index (κ1) is 23.1. The lowest BCUT2D eigenvalue weighted by Gasteiger charge is -2.08. The number of rotatable bonds is 8. The third-order valence-electron chi connectivity index (χ3n) is 4.63. The summed E-state index contributed by atoms with van der Waals surface area (Å²) in [6.07, 6.45) is 0. The molecule has 0 radical (unpaired) electrons. The van der Waals surface area contributed by atoms with Gasteiger partial charge >= 0.3 is 0 Å². The van der Waals surface area contributed by atoms with Crippen molar-refractivity contribution < 1.29 is 16.8 Å². The Kier molecular flexibility index (Phi) is 6.71. The Labute approximate surface area is 198 Å². The summed E-state index contributed by atoms with van der Waals surface area (Å²) in [5, 5.41) is 8.27. The molecule has 0 atom stereocenters. The molecule has 4 aromatic rings. The van der Waals surface area contributed by atoms with E-state index in [0.29, 0.717) is 22.7 Å². The fourth-order valence-corrected chi connectivity index (χ4v) is 5.09. The molecule has 4 aromatic carbocycles. The zero-order valence-corrected chi connectivity index (χ0v) is 19.4. The number of nitrogens with one attached hydrogen (secondary N) is 2. The van der Waals surface area contributed by atoms with Crippen molar-refractivity contribution >= 4 is 42.8 Å². The summed E-state index contributed by atoms with van der Waals surface area (Å²) in [6.45, 7) is 0. The first-order chi connectivity index (χ1) is 16.3. The van der Waals surface area contributed by atoms with E-state index in [2.05, 4.69) is 19.7 Å². The van der Waals surface area contributed by atoms with Crippen LogP contribution in [0, 0.1) is 0 Å². The molecule has 172 valence electrons. The van der Waals surface area contributed by atoms with Gasteiger partial charge in [-0.15, -0.1) is 0 Å². The number of anilines is 2. The van der Waals surface area contributed by atoms with Gasteiger partial charge in [-0.25, -0.2) is 16.8 Å². The highest BCUT2D eigenvalue weighted by Crippen LogP contribution is 2.24. The molecule has 34 heavy (non-hydrogen) atoms. The molecular weight excluding hydrogens is 472 g/mol. The monoisotopic (exact) mass is 492 g/mol. The first-order valence-corrected chi connectivity index (χ1v) is 13.1. The summed E-state index contributed by atoms with van der Waals surface area (Å²) < 4.78 is 54.6. The molecule has 4 rings (SSSR count). The second kappa shape index (κ2) is 9.86. The van der Waals surface area contributed by atoms with E-state index >= 15 is 0 Å². The Hall–Kier alpha value is -4.02.